The highest BCUT2D eigenvalue weighted by atomic mass is 32.2. The van der Waals surface area contributed by atoms with Gasteiger partial charge in [-0.2, -0.15) is 8.68 Å². The van der Waals surface area contributed by atoms with Crippen molar-refractivity contribution in [1.29, 1.82) is 0 Å². The van der Waals surface area contributed by atoms with Crippen molar-refractivity contribution in [2.45, 2.75) is 52.7 Å². The summed E-state index contributed by atoms with van der Waals surface area (Å²) in [7, 11) is -1.55. The first kappa shape index (κ1) is 30.5. The largest absolute Gasteiger partial charge is 0.491 e. The monoisotopic (exact) mass is 589 g/mol. The predicted molar refractivity (Wildman–Crippen MR) is 157 cm³/mol. The lowest BCUT2D eigenvalue weighted by Crippen LogP contribution is -2.49. The number of sulfonamides is 1. The molecule has 2 aromatic heterocycles. The van der Waals surface area contributed by atoms with Gasteiger partial charge in [-0.25, -0.2) is 18.4 Å². The molecular weight excluding hydrogens is 550 g/mol. The molecule has 0 spiro atoms. The van der Waals surface area contributed by atoms with E-state index < -0.39 is 16.1 Å². The zero-order chi connectivity index (χ0) is 28.9. The Hall–Kier alpha value is -2.48. The Morgan fingerprint density at radius 2 is 2.08 bits per heavy atom. The van der Waals surface area contributed by atoms with Gasteiger partial charge in [-0.15, -0.1) is 0 Å². The average molecular weight is 590 g/mol. The maximum atomic E-state index is 12.7. The highest BCUT2D eigenvalue weighted by Crippen LogP contribution is 2.34. The lowest BCUT2D eigenvalue weighted by atomic mass is 10.00. The van der Waals surface area contributed by atoms with E-state index >= 15 is 0 Å². The van der Waals surface area contributed by atoms with Crippen LogP contribution in [0.15, 0.2) is 24.3 Å². The number of benzene rings is 1. The second kappa shape index (κ2) is 13.5. The number of nitrogens with zero attached hydrogens (tertiary/aromatic N) is 4. The van der Waals surface area contributed by atoms with Crippen LogP contribution < -0.4 is 10.1 Å². The predicted octanol–water partition coefficient (Wildman–Crippen LogP) is 3.13. The minimum Gasteiger partial charge on any atom is -0.491 e. The summed E-state index contributed by atoms with van der Waals surface area (Å²) >= 11 is 1.45. The van der Waals surface area contributed by atoms with Gasteiger partial charge < -0.3 is 19.9 Å². The van der Waals surface area contributed by atoms with Crippen LogP contribution in [-0.2, 0) is 21.2 Å². The summed E-state index contributed by atoms with van der Waals surface area (Å²) in [6, 6.07) is 7.29. The molecule has 12 heteroatoms. The number of nitrogens with one attached hydrogen (secondary N) is 1. The molecule has 1 aromatic carbocycles. The molecule has 0 bridgehead atoms. The van der Waals surface area contributed by atoms with Crippen LogP contribution in [0.4, 0.5) is 0 Å². The van der Waals surface area contributed by atoms with Crippen molar-refractivity contribution in [3.8, 4) is 28.4 Å². The van der Waals surface area contributed by atoms with Crippen LogP contribution in [0, 0.1) is 20.8 Å². The minimum atomic E-state index is -3.33. The first-order valence-electron chi connectivity index (χ1n) is 13.6. The van der Waals surface area contributed by atoms with E-state index in [9.17, 15) is 13.5 Å². The summed E-state index contributed by atoms with van der Waals surface area (Å²) in [4.78, 5) is 11.1. The van der Waals surface area contributed by atoms with Crippen molar-refractivity contribution < 1.29 is 23.0 Å². The van der Waals surface area contributed by atoms with E-state index in [0.29, 0.717) is 50.7 Å². The fourth-order valence-corrected chi connectivity index (χ4v) is 6.92. The van der Waals surface area contributed by atoms with E-state index in [4.69, 9.17) is 19.4 Å². The summed E-state index contributed by atoms with van der Waals surface area (Å²) in [5.74, 6) is 1.24. The van der Waals surface area contributed by atoms with Crippen LogP contribution in [0.1, 0.15) is 35.2 Å². The van der Waals surface area contributed by atoms with Gasteiger partial charge in [0.2, 0.25) is 10.0 Å². The molecule has 3 heterocycles. The van der Waals surface area contributed by atoms with E-state index in [1.165, 1.54) is 11.5 Å². The Morgan fingerprint density at radius 1 is 1.27 bits per heavy atom. The maximum absolute atomic E-state index is 12.7. The molecule has 1 saturated heterocycles. The minimum absolute atomic E-state index is 0.0679. The fraction of sp³-hybridized carbons (Fsp3) is 0.536. The Morgan fingerprint density at radius 3 is 2.77 bits per heavy atom. The first-order valence-corrected chi connectivity index (χ1v) is 16.0. The van der Waals surface area contributed by atoms with Gasteiger partial charge in [0.1, 0.15) is 18.5 Å². The molecule has 218 valence electrons. The van der Waals surface area contributed by atoms with Crippen molar-refractivity contribution in [2.75, 3.05) is 45.7 Å². The number of aryl methyl sites for hydroxylation is 3. The summed E-state index contributed by atoms with van der Waals surface area (Å²) in [5, 5.41) is 13.0. The quantitative estimate of drug-likeness (QED) is 0.328. The summed E-state index contributed by atoms with van der Waals surface area (Å²) in [5.41, 5.74) is 5.36. The van der Waals surface area contributed by atoms with Crippen molar-refractivity contribution in [2.24, 2.45) is 0 Å². The summed E-state index contributed by atoms with van der Waals surface area (Å²) in [6.45, 7) is 9.46. The Bertz CT molecular complexity index is 1390. The van der Waals surface area contributed by atoms with Gasteiger partial charge in [-0.3, -0.25) is 0 Å². The standard InChI is InChI=1S/C28H39N5O5S2/c1-6-40(35,36)33-12-13-37-16-22(33)10-11-25-18(2)27(26-19(3)32-39-20(26)4)31-28(30-25)21-8-7-9-24(14-21)38-17-23(34)15-29-5/h7-9,14,22-23,29,34H,6,10-13,15-17H2,1-5H3/t22-,23?/m0/s1. The van der Waals surface area contributed by atoms with E-state index in [1.807, 2.05) is 45.0 Å². The van der Waals surface area contributed by atoms with Crippen LogP contribution in [-0.4, -0.2) is 90.0 Å². The molecule has 2 atom stereocenters. The topological polar surface area (TPSA) is 127 Å². The smallest absolute Gasteiger partial charge is 0.214 e. The van der Waals surface area contributed by atoms with Gasteiger partial charge in [0.05, 0.1) is 30.4 Å². The molecule has 1 aliphatic heterocycles. The summed E-state index contributed by atoms with van der Waals surface area (Å²) < 4.78 is 43.1. The van der Waals surface area contributed by atoms with E-state index in [0.717, 1.165) is 38.6 Å². The molecule has 40 heavy (non-hydrogen) atoms. The number of hydrogen-bond donors (Lipinski definition) is 2. The molecule has 10 nitrogen and oxygen atoms in total. The Labute approximate surface area is 241 Å². The second-order valence-electron chi connectivity index (χ2n) is 10.00. The normalized spacial score (nSPS) is 17.2. The molecule has 2 N–H and O–H groups in total. The molecule has 0 saturated carbocycles. The van der Waals surface area contributed by atoms with Gasteiger partial charge in [-0.05, 0) is 76.8 Å². The van der Waals surface area contributed by atoms with Gasteiger partial charge >= 0.3 is 0 Å². The number of aliphatic hydroxyl groups is 1. The average Bonchev–Trinajstić information content (AvgIpc) is 3.29. The Balaban J connectivity index is 1.69. The number of hydrogen-bond acceptors (Lipinski definition) is 10. The van der Waals surface area contributed by atoms with E-state index in [2.05, 4.69) is 9.69 Å². The molecule has 0 aliphatic carbocycles. The number of aromatic nitrogens is 3. The highest BCUT2D eigenvalue weighted by Gasteiger charge is 2.32. The number of rotatable bonds is 12. The van der Waals surface area contributed by atoms with Crippen LogP contribution in [0.25, 0.3) is 22.6 Å². The zero-order valence-electron chi connectivity index (χ0n) is 23.8. The molecule has 3 aromatic rings. The highest BCUT2D eigenvalue weighted by molar-refractivity contribution is 7.89. The van der Waals surface area contributed by atoms with Gasteiger partial charge in [0.25, 0.3) is 0 Å². The Kier molecular flexibility index (Phi) is 10.3. The third kappa shape index (κ3) is 7.04. The van der Waals surface area contributed by atoms with Crippen molar-refractivity contribution in [3.05, 3.63) is 46.1 Å². The molecule has 4 rings (SSSR count). The van der Waals surface area contributed by atoms with Crippen LogP contribution in [0.5, 0.6) is 5.75 Å². The lowest BCUT2D eigenvalue weighted by molar-refractivity contribution is 0.0298. The van der Waals surface area contributed by atoms with E-state index in [1.54, 1.807) is 18.3 Å². The fourth-order valence-electron chi connectivity index (χ4n) is 4.91. The van der Waals surface area contributed by atoms with Gasteiger partial charge in [-0.1, -0.05) is 12.1 Å². The molecular formula is C28H39N5O5S2. The van der Waals surface area contributed by atoms with Crippen molar-refractivity contribution in [3.63, 3.8) is 0 Å². The molecule has 1 fully saturated rings. The van der Waals surface area contributed by atoms with Crippen molar-refractivity contribution in [1.82, 2.24) is 24.0 Å². The first-order chi connectivity index (χ1) is 19.1. The SMILES string of the molecule is CCS(=O)(=O)N1CCOC[C@@H]1CCc1nc(-c2cccc(OCC(O)CNC)c2)nc(-c2c(C)nsc2C)c1C. The summed E-state index contributed by atoms with van der Waals surface area (Å²) in [6.07, 6.45) is 0.530. The van der Waals surface area contributed by atoms with Crippen LogP contribution in [0.2, 0.25) is 0 Å². The maximum Gasteiger partial charge on any atom is 0.214 e. The molecule has 1 aliphatic rings. The van der Waals surface area contributed by atoms with Crippen molar-refractivity contribution >= 4 is 21.6 Å². The van der Waals surface area contributed by atoms with Gasteiger partial charge in [0.15, 0.2) is 5.82 Å². The third-order valence-corrected chi connectivity index (χ3v) is 9.87. The van der Waals surface area contributed by atoms with Crippen LogP contribution in [0.3, 0.4) is 0 Å². The molecule has 0 radical (unpaired) electrons. The molecule has 0 amide bonds. The number of aliphatic hydroxyl groups excluding tert-OH is 1. The number of morpholine rings is 1. The second-order valence-corrected chi connectivity index (χ2v) is 13.2. The van der Waals surface area contributed by atoms with Crippen LogP contribution >= 0.6 is 11.5 Å². The van der Waals surface area contributed by atoms with E-state index in [-0.39, 0.29) is 18.4 Å². The number of likely N-dealkylation sites (N-methyl/N-ethyl adjacent to an activating group) is 1. The van der Waals surface area contributed by atoms with Gasteiger partial charge in [0, 0.05) is 40.8 Å². The molecule has 1 unspecified atom stereocenters. The third-order valence-electron chi connectivity index (χ3n) is 7.10. The lowest BCUT2D eigenvalue weighted by Gasteiger charge is -2.34. The number of ether oxygens (including phenoxy) is 2. The zero-order valence-corrected chi connectivity index (χ0v) is 25.4.